The number of hydrogen-bond acceptors (Lipinski definition) is 5. The van der Waals surface area contributed by atoms with Gasteiger partial charge in [-0.3, -0.25) is 10.1 Å². The third-order valence-corrected chi connectivity index (χ3v) is 5.18. The fraction of sp³-hybridized carbons (Fsp3) is 0. The Morgan fingerprint density at radius 3 is 2.25 bits per heavy atom. The minimum Gasteiger partial charge on any atom is -0.508 e. The lowest BCUT2D eigenvalue weighted by Crippen LogP contribution is -2.19. The summed E-state index contributed by atoms with van der Waals surface area (Å²) in [6.07, 6.45) is 0. The number of halogens is 3. The van der Waals surface area contributed by atoms with E-state index < -0.39 is 35.1 Å². The normalized spacial score (nSPS) is 10.7. The molecule has 0 fully saturated rings. The van der Waals surface area contributed by atoms with E-state index >= 15 is 0 Å². The lowest BCUT2D eigenvalue weighted by Gasteiger charge is -2.09. The van der Waals surface area contributed by atoms with E-state index in [1.807, 2.05) is 0 Å². The summed E-state index contributed by atoms with van der Waals surface area (Å²) in [5, 5.41) is 17.0. The van der Waals surface area contributed by atoms with Crippen molar-refractivity contribution in [1.82, 2.24) is 4.98 Å². The molecule has 3 aromatic carbocycles. The minimum atomic E-state index is -1.24. The van der Waals surface area contributed by atoms with Crippen LogP contribution >= 0.6 is 11.3 Å². The van der Waals surface area contributed by atoms with E-state index in [1.165, 1.54) is 47.7 Å². The number of fused-ring (bicyclic) bond motifs is 1. The van der Waals surface area contributed by atoms with Crippen LogP contribution in [-0.4, -0.2) is 22.0 Å². The second-order valence-electron chi connectivity index (χ2n) is 6.53. The summed E-state index contributed by atoms with van der Waals surface area (Å²) in [6, 6.07) is 10.5. The molecule has 3 amide bonds. The number of nitrogens with one attached hydrogen (secondary N) is 3. The van der Waals surface area contributed by atoms with Gasteiger partial charge in [0.1, 0.15) is 17.3 Å². The van der Waals surface area contributed by atoms with Gasteiger partial charge in [0.2, 0.25) is 0 Å². The first-order valence-electron chi connectivity index (χ1n) is 9.02. The molecule has 1 aromatic heterocycles. The van der Waals surface area contributed by atoms with Gasteiger partial charge in [0, 0.05) is 23.4 Å². The molecular weight excluding hydrogens is 445 g/mol. The maximum atomic E-state index is 13.7. The highest BCUT2D eigenvalue weighted by Gasteiger charge is 2.16. The largest absolute Gasteiger partial charge is 0.508 e. The number of nitrogens with zero attached hydrogens (tertiary/aromatic N) is 1. The highest BCUT2D eigenvalue weighted by Crippen LogP contribution is 2.29. The SMILES string of the molecule is O=C(Nc1ccc(C(=O)Nc2c(F)cc(F)cc2F)cc1)Nc1nc2ccc(O)cc2s1. The van der Waals surface area contributed by atoms with Crippen molar-refractivity contribution in [3.63, 3.8) is 0 Å². The molecule has 0 saturated carbocycles. The molecule has 0 spiro atoms. The van der Waals surface area contributed by atoms with Crippen LogP contribution in [0.25, 0.3) is 10.2 Å². The predicted molar refractivity (Wildman–Crippen MR) is 115 cm³/mol. The molecule has 4 rings (SSSR count). The maximum absolute atomic E-state index is 13.7. The number of hydrogen-bond donors (Lipinski definition) is 4. The summed E-state index contributed by atoms with van der Waals surface area (Å²) < 4.78 is 41.1. The molecule has 0 bridgehead atoms. The number of carbonyl (C=O) groups is 2. The maximum Gasteiger partial charge on any atom is 0.325 e. The van der Waals surface area contributed by atoms with Crippen LogP contribution in [0.5, 0.6) is 5.75 Å². The Morgan fingerprint density at radius 2 is 1.56 bits per heavy atom. The first-order chi connectivity index (χ1) is 15.3. The number of benzene rings is 3. The molecule has 0 aliphatic carbocycles. The molecular formula is C21H13F3N4O3S. The van der Waals surface area contributed by atoms with Gasteiger partial charge in [-0.1, -0.05) is 11.3 Å². The van der Waals surface area contributed by atoms with Gasteiger partial charge in [-0.05, 0) is 42.5 Å². The Labute approximate surface area is 182 Å². The van der Waals surface area contributed by atoms with E-state index in [0.717, 1.165) is 0 Å². The first kappa shape index (κ1) is 21.1. The van der Waals surface area contributed by atoms with Gasteiger partial charge in [0.25, 0.3) is 5.91 Å². The van der Waals surface area contributed by atoms with Crippen molar-refractivity contribution in [1.29, 1.82) is 0 Å². The lowest BCUT2D eigenvalue weighted by atomic mass is 10.2. The summed E-state index contributed by atoms with van der Waals surface area (Å²) in [5.74, 6) is -4.31. The van der Waals surface area contributed by atoms with E-state index in [4.69, 9.17) is 0 Å². The fourth-order valence-electron chi connectivity index (χ4n) is 2.78. The molecule has 0 unspecified atom stereocenters. The Hall–Kier alpha value is -4.12. The Balaban J connectivity index is 1.39. The zero-order valence-electron chi connectivity index (χ0n) is 15.9. The number of amides is 3. The number of aromatic nitrogens is 1. The summed E-state index contributed by atoms with van der Waals surface area (Å²) in [5.41, 5.74) is 0.261. The lowest BCUT2D eigenvalue weighted by molar-refractivity contribution is 0.102. The van der Waals surface area contributed by atoms with Crippen LogP contribution in [0.4, 0.5) is 34.5 Å². The van der Waals surface area contributed by atoms with Gasteiger partial charge in [-0.2, -0.15) is 0 Å². The molecule has 1 heterocycles. The number of thiazole rings is 1. The highest BCUT2D eigenvalue weighted by atomic mass is 32.1. The van der Waals surface area contributed by atoms with Gasteiger partial charge < -0.3 is 15.7 Å². The molecule has 0 aliphatic rings. The fourth-order valence-corrected chi connectivity index (χ4v) is 3.67. The average Bonchev–Trinajstić information content (AvgIpc) is 3.12. The monoisotopic (exact) mass is 458 g/mol. The van der Waals surface area contributed by atoms with Gasteiger partial charge in [-0.15, -0.1) is 0 Å². The van der Waals surface area contributed by atoms with Crippen molar-refractivity contribution in [3.05, 3.63) is 77.6 Å². The molecule has 0 atom stereocenters. The van der Waals surface area contributed by atoms with Crippen molar-refractivity contribution >= 4 is 50.0 Å². The molecule has 4 aromatic rings. The molecule has 0 saturated heterocycles. The van der Waals surface area contributed by atoms with E-state index in [0.29, 0.717) is 33.2 Å². The molecule has 7 nitrogen and oxygen atoms in total. The molecule has 0 radical (unpaired) electrons. The molecule has 32 heavy (non-hydrogen) atoms. The van der Waals surface area contributed by atoms with Crippen LogP contribution in [0.2, 0.25) is 0 Å². The number of phenols is 1. The summed E-state index contributed by atoms with van der Waals surface area (Å²) in [4.78, 5) is 28.6. The van der Waals surface area contributed by atoms with Crippen LogP contribution < -0.4 is 16.0 Å². The second-order valence-corrected chi connectivity index (χ2v) is 7.56. The Morgan fingerprint density at radius 1 is 0.875 bits per heavy atom. The topological polar surface area (TPSA) is 103 Å². The smallest absolute Gasteiger partial charge is 0.325 e. The van der Waals surface area contributed by atoms with Gasteiger partial charge in [0.15, 0.2) is 16.8 Å². The van der Waals surface area contributed by atoms with Crippen LogP contribution in [0.1, 0.15) is 10.4 Å². The number of urea groups is 1. The van der Waals surface area contributed by atoms with Crippen molar-refractivity contribution in [3.8, 4) is 5.75 Å². The van der Waals surface area contributed by atoms with Crippen LogP contribution in [0, 0.1) is 17.5 Å². The zero-order chi connectivity index (χ0) is 22.8. The molecule has 162 valence electrons. The summed E-state index contributed by atoms with van der Waals surface area (Å²) >= 11 is 1.18. The number of rotatable bonds is 4. The standard InChI is InChI=1S/C21H13F3N4O3S/c22-11-7-14(23)18(15(24)8-11)27-19(30)10-1-3-12(4-2-10)25-20(31)28-21-26-16-6-5-13(29)9-17(16)32-21/h1-9,29H,(H,27,30)(H2,25,26,28,31). The van der Waals surface area contributed by atoms with E-state index in [9.17, 15) is 27.9 Å². The predicted octanol–water partition coefficient (Wildman–Crippen LogP) is 5.32. The quantitative estimate of drug-likeness (QED) is 0.333. The van der Waals surface area contributed by atoms with Crippen LogP contribution in [0.15, 0.2) is 54.6 Å². The third kappa shape index (κ3) is 4.62. The number of carbonyl (C=O) groups excluding carboxylic acids is 2. The van der Waals surface area contributed by atoms with Crippen molar-refractivity contribution in [2.24, 2.45) is 0 Å². The van der Waals surface area contributed by atoms with E-state index in [1.54, 1.807) is 6.07 Å². The summed E-state index contributed by atoms with van der Waals surface area (Å²) in [7, 11) is 0. The number of anilines is 3. The first-order valence-corrected chi connectivity index (χ1v) is 9.83. The third-order valence-electron chi connectivity index (χ3n) is 4.24. The van der Waals surface area contributed by atoms with Crippen LogP contribution in [-0.2, 0) is 0 Å². The highest BCUT2D eigenvalue weighted by molar-refractivity contribution is 7.22. The summed E-state index contributed by atoms with van der Waals surface area (Å²) in [6.45, 7) is 0. The van der Waals surface area contributed by atoms with Crippen molar-refractivity contribution in [2.45, 2.75) is 0 Å². The number of aromatic hydroxyl groups is 1. The van der Waals surface area contributed by atoms with Crippen molar-refractivity contribution < 1.29 is 27.9 Å². The van der Waals surface area contributed by atoms with Gasteiger partial charge >= 0.3 is 6.03 Å². The number of phenolic OH excluding ortho intramolecular Hbond substituents is 1. The Kier molecular flexibility index (Phi) is 5.65. The second kappa shape index (κ2) is 8.55. The van der Waals surface area contributed by atoms with E-state index in [2.05, 4.69) is 20.9 Å². The Bertz CT molecular complexity index is 1320. The van der Waals surface area contributed by atoms with Gasteiger partial charge in [-0.25, -0.2) is 22.9 Å². The van der Waals surface area contributed by atoms with Gasteiger partial charge in [0.05, 0.1) is 10.2 Å². The molecule has 4 N–H and O–H groups in total. The zero-order valence-corrected chi connectivity index (χ0v) is 16.8. The minimum absolute atomic E-state index is 0.0602. The average molecular weight is 458 g/mol. The van der Waals surface area contributed by atoms with Crippen LogP contribution in [0.3, 0.4) is 0 Å². The van der Waals surface area contributed by atoms with E-state index in [-0.39, 0.29) is 11.3 Å². The molecule has 0 aliphatic heterocycles. The van der Waals surface area contributed by atoms with Crippen molar-refractivity contribution in [2.75, 3.05) is 16.0 Å². The molecule has 11 heteroatoms.